The smallest absolute Gasteiger partial charge is 0.305 e. The van der Waals surface area contributed by atoms with E-state index < -0.39 is 30.4 Å². The molecule has 11 nitrogen and oxygen atoms in total. The van der Waals surface area contributed by atoms with E-state index >= 15 is 0 Å². The van der Waals surface area contributed by atoms with Crippen molar-refractivity contribution >= 4 is 17.9 Å². The molecule has 1 aliphatic rings. The molecule has 0 atom stereocenters. The van der Waals surface area contributed by atoms with Crippen molar-refractivity contribution in [1.29, 1.82) is 0 Å². The number of ether oxygens (including phenoxy) is 7. The van der Waals surface area contributed by atoms with Crippen LogP contribution in [0.4, 0.5) is 0 Å². The summed E-state index contributed by atoms with van der Waals surface area (Å²) in [6.45, 7) is 13.7. The lowest BCUT2D eigenvalue weighted by atomic mass is 10.2. The van der Waals surface area contributed by atoms with Gasteiger partial charge in [0.25, 0.3) is 0 Å². The molecule has 1 saturated heterocycles. The van der Waals surface area contributed by atoms with E-state index in [4.69, 9.17) is 33.2 Å². The molecule has 1 fully saturated rings. The van der Waals surface area contributed by atoms with E-state index in [1.54, 1.807) is 0 Å². The van der Waals surface area contributed by atoms with Crippen LogP contribution in [0.1, 0.15) is 182 Å². The van der Waals surface area contributed by atoms with Crippen LogP contribution >= 0.6 is 0 Å². The largest absolute Gasteiger partial charge is 0.465 e. The van der Waals surface area contributed by atoms with Crippen molar-refractivity contribution in [3.8, 4) is 0 Å². The Morgan fingerprint density at radius 1 is 0.444 bits per heavy atom. The second kappa shape index (κ2) is 44.4. The number of hydrogen-bond donors (Lipinski definition) is 0. The SMILES string of the molecule is CC/C=C\CCCCOC(CCC(=O)OCC(COC(=O)CCCN1CCCC1)COC(=O)CCC(OCCCC/C=C\CC)OCCCC/C=C\CC)OCCCC/C=C\CC. The molecule has 1 heterocycles. The molecule has 0 aromatic heterocycles. The molecule has 0 N–H and O–H groups in total. The first kappa shape index (κ1) is 58.2. The Morgan fingerprint density at radius 3 is 1.11 bits per heavy atom. The summed E-state index contributed by atoms with van der Waals surface area (Å²) >= 11 is 0. The fourth-order valence-electron chi connectivity index (χ4n) is 6.80. The number of allylic oxidation sites excluding steroid dienone is 8. The lowest BCUT2D eigenvalue weighted by Crippen LogP contribution is -2.28. The van der Waals surface area contributed by atoms with E-state index in [2.05, 4.69) is 81.2 Å². The molecule has 1 aliphatic heterocycles. The summed E-state index contributed by atoms with van der Waals surface area (Å²) in [4.78, 5) is 41.2. The Hall–Kier alpha value is -2.83. The molecule has 0 saturated carbocycles. The number of unbranched alkanes of at least 4 members (excludes halogenated alkanes) is 8. The first-order valence-corrected chi connectivity index (χ1v) is 25.2. The molecule has 0 aliphatic carbocycles. The van der Waals surface area contributed by atoms with Crippen molar-refractivity contribution in [2.75, 3.05) is 65.9 Å². The van der Waals surface area contributed by atoms with Gasteiger partial charge < -0.3 is 38.1 Å². The van der Waals surface area contributed by atoms with E-state index in [-0.39, 0.29) is 38.6 Å². The summed E-state index contributed by atoms with van der Waals surface area (Å²) in [6.07, 6.45) is 36.9. The highest BCUT2D eigenvalue weighted by molar-refractivity contribution is 5.70. The van der Waals surface area contributed by atoms with Crippen molar-refractivity contribution in [1.82, 2.24) is 4.90 Å². The molecule has 0 spiro atoms. The third kappa shape index (κ3) is 38.2. The van der Waals surface area contributed by atoms with Crippen molar-refractivity contribution in [3.05, 3.63) is 48.6 Å². The lowest BCUT2D eigenvalue weighted by Gasteiger charge is -2.20. The maximum absolute atomic E-state index is 13.1. The van der Waals surface area contributed by atoms with E-state index in [1.165, 1.54) is 12.8 Å². The molecule has 364 valence electrons. The summed E-state index contributed by atoms with van der Waals surface area (Å²) in [5.74, 6) is -1.64. The molecule has 11 heteroatoms. The number of esters is 3. The van der Waals surface area contributed by atoms with Gasteiger partial charge in [0, 0.05) is 45.7 Å². The summed E-state index contributed by atoms with van der Waals surface area (Å²) < 4.78 is 41.4. The summed E-state index contributed by atoms with van der Waals surface area (Å²) in [5, 5.41) is 0. The van der Waals surface area contributed by atoms with Crippen LogP contribution in [0.2, 0.25) is 0 Å². The van der Waals surface area contributed by atoms with Crippen molar-refractivity contribution in [2.45, 2.75) is 194 Å². The second-order valence-electron chi connectivity index (χ2n) is 16.5. The Morgan fingerprint density at radius 2 is 0.778 bits per heavy atom. The number of nitrogens with zero attached hydrogens (tertiary/aromatic N) is 1. The maximum atomic E-state index is 13.1. The molecule has 0 aromatic carbocycles. The standard InChI is InChI=1S/C52H91NO10/c1-5-9-13-17-21-27-40-57-51(58-41-28-22-18-14-10-6-2)35-33-49(55)62-45-47(44-61-48(54)32-31-39-53-37-25-26-38-53)46-63-50(56)34-36-52(59-42-29-23-19-15-11-7-3)60-43-30-24-20-16-12-8-4/h9-16,47,51-52H,5-8,17-46H2,1-4H3/b13-9-,14-10-,15-11-,16-12-. The van der Waals surface area contributed by atoms with Gasteiger partial charge in [-0.1, -0.05) is 76.3 Å². The third-order valence-corrected chi connectivity index (χ3v) is 10.5. The van der Waals surface area contributed by atoms with Gasteiger partial charge in [-0.25, -0.2) is 0 Å². The number of hydrogen-bond acceptors (Lipinski definition) is 11. The van der Waals surface area contributed by atoms with Crippen LogP contribution in [0.5, 0.6) is 0 Å². The van der Waals surface area contributed by atoms with E-state index in [9.17, 15) is 14.4 Å². The van der Waals surface area contributed by atoms with Crippen LogP contribution in [0.3, 0.4) is 0 Å². The second-order valence-corrected chi connectivity index (χ2v) is 16.5. The van der Waals surface area contributed by atoms with Gasteiger partial charge in [-0.05, 0) is 142 Å². The summed E-state index contributed by atoms with van der Waals surface area (Å²) in [5.41, 5.74) is 0. The number of likely N-dealkylation sites (tertiary alicyclic amines) is 1. The Balaban J connectivity index is 2.75. The molecule has 63 heavy (non-hydrogen) atoms. The van der Waals surface area contributed by atoms with Crippen LogP contribution < -0.4 is 0 Å². The molecule has 1 rings (SSSR count). The molecule has 0 unspecified atom stereocenters. The zero-order valence-corrected chi connectivity index (χ0v) is 40.4. The van der Waals surface area contributed by atoms with E-state index in [1.807, 2.05) is 0 Å². The van der Waals surface area contributed by atoms with Gasteiger partial charge in [-0.3, -0.25) is 14.4 Å². The molecule has 0 bridgehead atoms. The molecule has 0 radical (unpaired) electrons. The predicted octanol–water partition coefficient (Wildman–Crippen LogP) is 11.9. The van der Waals surface area contributed by atoms with Gasteiger partial charge >= 0.3 is 17.9 Å². The minimum Gasteiger partial charge on any atom is -0.465 e. The fraction of sp³-hybridized carbons (Fsp3) is 0.788. The Labute approximate surface area is 384 Å². The summed E-state index contributed by atoms with van der Waals surface area (Å²) in [6, 6.07) is 0. The van der Waals surface area contributed by atoms with Crippen molar-refractivity contribution in [2.24, 2.45) is 5.92 Å². The van der Waals surface area contributed by atoms with Crippen LogP contribution in [-0.2, 0) is 47.5 Å². The van der Waals surface area contributed by atoms with Crippen LogP contribution in [0.15, 0.2) is 48.6 Å². The first-order chi connectivity index (χ1) is 30.9. The Bertz CT molecular complexity index is 1080. The lowest BCUT2D eigenvalue weighted by molar-refractivity contribution is -0.164. The Kier molecular flexibility index (Phi) is 41.0. The van der Waals surface area contributed by atoms with Crippen molar-refractivity contribution < 1.29 is 47.5 Å². The van der Waals surface area contributed by atoms with Gasteiger partial charge in [0.15, 0.2) is 12.6 Å². The van der Waals surface area contributed by atoms with Gasteiger partial charge in [-0.15, -0.1) is 0 Å². The monoisotopic (exact) mass is 890 g/mol. The number of carbonyl (C=O) groups excluding carboxylic acids is 3. The van der Waals surface area contributed by atoms with Crippen LogP contribution in [-0.4, -0.2) is 101 Å². The van der Waals surface area contributed by atoms with Crippen LogP contribution in [0, 0.1) is 5.92 Å². The maximum Gasteiger partial charge on any atom is 0.305 e. The minimum absolute atomic E-state index is 0.0193. The normalized spacial score (nSPS) is 13.7. The third-order valence-electron chi connectivity index (χ3n) is 10.5. The molecule has 0 aromatic rings. The average Bonchev–Trinajstić information content (AvgIpc) is 3.81. The van der Waals surface area contributed by atoms with Crippen molar-refractivity contribution in [3.63, 3.8) is 0 Å². The van der Waals surface area contributed by atoms with E-state index in [0.717, 1.165) is 129 Å². The fourth-order valence-corrected chi connectivity index (χ4v) is 6.80. The van der Waals surface area contributed by atoms with Gasteiger partial charge in [0.05, 0.1) is 18.8 Å². The first-order valence-electron chi connectivity index (χ1n) is 25.2. The highest BCUT2D eigenvalue weighted by Gasteiger charge is 2.21. The van der Waals surface area contributed by atoms with E-state index in [0.29, 0.717) is 45.7 Å². The minimum atomic E-state index is -0.515. The molecule has 0 amide bonds. The zero-order chi connectivity index (χ0) is 45.7. The van der Waals surface area contributed by atoms with Gasteiger partial charge in [0.2, 0.25) is 0 Å². The quantitative estimate of drug-likeness (QED) is 0.0191. The highest BCUT2D eigenvalue weighted by Crippen LogP contribution is 2.14. The predicted molar refractivity (Wildman–Crippen MR) is 254 cm³/mol. The van der Waals surface area contributed by atoms with Crippen LogP contribution in [0.25, 0.3) is 0 Å². The summed E-state index contributed by atoms with van der Waals surface area (Å²) in [7, 11) is 0. The molecular formula is C52H91NO10. The average molecular weight is 890 g/mol. The highest BCUT2D eigenvalue weighted by atomic mass is 16.7. The number of rotatable bonds is 44. The zero-order valence-electron chi connectivity index (χ0n) is 40.4. The topological polar surface area (TPSA) is 119 Å². The number of carbonyl (C=O) groups is 3. The molecular weight excluding hydrogens is 799 g/mol. The van der Waals surface area contributed by atoms with Gasteiger partial charge in [-0.2, -0.15) is 0 Å². The van der Waals surface area contributed by atoms with Gasteiger partial charge in [0.1, 0.15) is 19.8 Å².